The Hall–Kier alpha value is -2.37. The van der Waals surface area contributed by atoms with Gasteiger partial charge in [-0.1, -0.05) is 13.0 Å². The molecule has 0 saturated heterocycles. The van der Waals surface area contributed by atoms with Gasteiger partial charge in [-0.15, -0.1) is 0 Å². The summed E-state index contributed by atoms with van der Waals surface area (Å²) in [5.41, 5.74) is 1.07. The van der Waals surface area contributed by atoms with Crippen LogP contribution in [0.25, 0.3) is 5.52 Å². The van der Waals surface area contributed by atoms with Gasteiger partial charge in [0, 0.05) is 13.2 Å². The SMILES string of the molecule is CCC(C(=O)O)N(C)C(=O)c1cnn2ccccc12. The van der Waals surface area contributed by atoms with Crippen molar-refractivity contribution in [1.82, 2.24) is 14.5 Å². The van der Waals surface area contributed by atoms with E-state index in [1.165, 1.54) is 18.1 Å². The molecule has 0 saturated carbocycles. The largest absolute Gasteiger partial charge is 0.480 e. The van der Waals surface area contributed by atoms with Crippen LogP contribution in [-0.4, -0.2) is 44.6 Å². The smallest absolute Gasteiger partial charge is 0.326 e. The van der Waals surface area contributed by atoms with Crippen molar-refractivity contribution in [2.45, 2.75) is 19.4 Å². The first-order valence-corrected chi connectivity index (χ1v) is 5.98. The molecule has 1 N–H and O–H groups in total. The molecule has 0 spiro atoms. The number of likely N-dealkylation sites (N-methyl/N-ethyl adjacent to an activating group) is 1. The van der Waals surface area contributed by atoms with E-state index in [2.05, 4.69) is 5.10 Å². The van der Waals surface area contributed by atoms with Gasteiger partial charge in [0.2, 0.25) is 0 Å². The van der Waals surface area contributed by atoms with Crippen LogP contribution >= 0.6 is 0 Å². The summed E-state index contributed by atoms with van der Waals surface area (Å²) in [5.74, 6) is -1.34. The molecular formula is C13H15N3O3. The van der Waals surface area contributed by atoms with E-state index in [1.807, 2.05) is 12.1 Å². The molecule has 2 aromatic rings. The van der Waals surface area contributed by atoms with E-state index in [1.54, 1.807) is 23.7 Å². The number of carboxylic acid groups (broad SMARTS) is 1. The lowest BCUT2D eigenvalue weighted by molar-refractivity contribution is -0.142. The van der Waals surface area contributed by atoms with Gasteiger partial charge in [0.1, 0.15) is 6.04 Å². The Balaban J connectivity index is 2.36. The number of carbonyl (C=O) groups excluding carboxylic acids is 1. The molecule has 1 amide bonds. The number of carboxylic acids is 1. The zero-order valence-electron chi connectivity index (χ0n) is 10.8. The van der Waals surface area contributed by atoms with Gasteiger partial charge >= 0.3 is 5.97 Å². The number of hydrogen-bond acceptors (Lipinski definition) is 3. The highest BCUT2D eigenvalue weighted by molar-refractivity contribution is 6.01. The van der Waals surface area contributed by atoms with Crippen LogP contribution in [0.5, 0.6) is 0 Å². The molecule has 19 heavy (non-hydrogen) atoms. The Morgan fingerprint density at radius 3 is 2.84 bits per heavy atom. The van der Waals surface area contributed by atoms with Crippen molar-refractivity contribution in [2.24, 2.45) is 0 Å². The second kappa shape index (κ2) is 5.09. The molecular weight excluding hydrogens is 246 g/mol. The number of aromatic nitrogens is 2. The molecule has 0 radical (unpaired) electrons. The van der Waals surface area contributed by atoms with Crippen LogP contribution in [0.15, 0.2) is 30.6 Å². The highest BCUT2D eigenvalue weighted by atomic mass is 16.4. The van der Waals surface area contributed by atoms with Crippen LogP contribution in [0.2, 0.25) is 0 Å². The fraction of sp³-hybridized carbons (Fsp3) is 0.308. The standard InChI is InChI=1S/C13H15N3O3/c1-3-10(13(18)19)15(2)12(17)9-8-14-16-7-5-4-6-11(9)16/h4-8,10H,3H2,1-2H3,(H,18,19). The first-order chi connectivity index (χ1) is 9.06. The summed E-state index contributed by atoms with van der Waals surface area (Å²) in [6.45, 7) is 1.73. The predicted molar refractivity (Wildman–Crippen MR) is 69.0 cm³/mol. The van der Waals surface area contributed by atoms with Crippen LogP contribution in [0.3, 0.4) is 0 Å². The van der Waals surface area contributed by atoms with Gasteiger partial charge in [-0.25, -0.2) is 9.31 Å². The van der Waals surface area contributed by atoms with E-state index in [0.29, 0.717) is 17.5 Å². The van der Waals surface area contributed by atoms with Crippen molar-refractivity contribution in [3.63, 3.8) is 0 Å². The predicted octanol–water partition coefficient (Wildman–Crippen LogP) is 1.27. The van der Waals surface area contributed by atoms with Gasteiger partial charge < -0.3 is 10.0 Å². The lowest BCUT2D eigenvalue weighted by Crippen LogP contribution is -2.41. The van der Waals surface area contributed by atoms with Gasteiger partial charge in [0.25, 0.3) is 5.91 Å². The average molecular weight is 261 g/mol. The fourth-order valence-corrected chi connectivity index (χ4v) is 2.04. The van der Waals surface area contributed by atoms with Crippen LogP contribution in [-0.2, 0) is 4.79 Å². The Bertz CT molecular complexity index is 620. The van der Waals surface area contributed by atoms with Crippen molar-refractivity contribution in [3.8, 4) is 0 Å². The Labute approximate surface area is 110 Å². The van der Waals surface area contributed by atoms with Crippen molar-refractivity contribution < 1.29 is 14.7 Å². The topological polar surface area (TPSA) is 74.9 Å². The number of aliphatic carboxylic acids is 1. The molecule has 1 unspecified atom stereocenters. The molecule has 0 aliphatic rings. The number of nitrogens with zero attached hydrogens (tertiary/aromatic N) is 3. The van der Waals surface area contributed by atoms with Gasteiger partial charge in [0.15, 0.2) is 0 Å². The van der Waals surface area contributed by atoms with Gasteiger partial charge in [-0.05, 0) is 18.6 Å². The van der Waals surface area contributed by atoms with Crippen LogP contribution in [0, 0.1) is 0 Å². The molecule has 0 aliphatic heterocycles. The highest BCUT2D eigenvalue weighted by Gasteiger charge is 2.27. The maximum Gasteiger partial charge on any atom is 0.326 e. The van der Waals surface area contributed by atoms with E-state index in [4.69, 9.17) is 5.11 Å². The number of fused-ring (bicyclic) bond motifs is 1. The minimum Gasteiger partial charge on any atom is -0.480 e. The van der Waals surface area contributed by atoms with E-state index in [0.717, 1.165) is 0 Å². The van der Waals surface area contributed by atoms with E-state index in [-0.39, 0.29) is 5.91 Å². The van der Waals surface area contributed by atoms with Crippen molar-refractivity contribution >= 4 is 17.4 Å². The summed E-state index contributed by atoms with van der Waals surface area (Å²) in [6.07, 6.45) is 3.56. The summed E-state index contributed by atoms with van der Waals surface area (Å²) in [6, 6.07) is 4.56. The summed E-state index contributed by atoms with van der Waals surface area (Å²) >= 11 is 0. The summed E-state index contributed by atoms with van der Waals surface area (Å²) in [7, 11) is 1.50. The van der Waals surface area contributed by atoms with Gasteiger partial charge in [-0.2, -0.15) is 5.10 Å². The second-order valence-electron chi connectivity index (χ2n) is 4.27. The third-order valence-electron chi connectivity index (χ3n) is 3.12. The zero-order valence-corrected chi connectivity index (χ0v) is 10.8. The summed E-state index contributed by atoms with van der Waals surface area (Å²) < 4.78 is 1.59. The molecule has 1 atom stereocenters. The Kier molecular flexibility index (Phi) is 3.50. The van der Waals surface area contributed by atoms with E-state index in [9.17, 15) is 9.59 Å². The first-order valence-electron chi connectivity index (χ1n) is 5.98. The zero-order chi connectivity index (χ0) is 14.0. The van der Waals surface area contributed by atoms with Crippen LogP contribution < -0.4 is 0 Å². The third-order valence-corrected chi connectivity index (χ3v) is 3.12. The number of amides is 1. The maximum absolute atomic E-state index is 12.3. The molecule has 0 aliphatic carbocycles. The normalized spacial score (nSPS) is 12.3. The molecule has 100 valence electrons. The quantitative estimate of drug-likeness (QED) is 0.899. The number of rotatable bonds is 4. The molecule has 2 heterocycles. The third kappa shape index (κ3) is 2.29. The average Bonchev–Trinajstić information content (AvgIpc) is 2.82. The molecule has 6 heteroatoms. The summed E-state index contributed by atoms with van der Waals surface area (Å²) in [4.78, 5) is 24.7. The van der Waals surface area contributed by atoms with Crippen LogP contribution in [0.4, 0.5) is 0 Å². The van der Waals surface area contributed by atoms with Crippen LogP contribution in [0.1, 0.15) is 23.7 Å². The lowest BCUT2D eigenvalue weighted by Gasteiger charge is -2.23. The number of carbonyl (C=O) groups is 2. The highest BCUT2D eigenvalue weighted by Crippen LogP contribution is 2.14. The number of hydrogen-bond donors (Lipinski definition) is 1. The molecule has 2 rings (SSSR count). The van der Waals surface area contributed by atoms with Gasteiger partial charge in [0.05, 0.1) is 17.3 Å². The minimum atomic E-state index is -1.00. The monoisotopic (exact) mass is 261 g/mol. The minimum absolute atomic E-state index is 0.338. The molecule has 0 fully saturated rings. The molecule has 2 aromatic heterocycles. The Morgan fingerprint density at radius 1 is 1.47 bits per heavy atom. The lowest BCUT2D eigenvalue weighted by atomic mass is 10.1. The van der Waals surface area contributed by atoms with Gasteiger partial charge in [-0.3, -0.25) is 4.79 Å². The number of pyridine rings is 1. The Morgan fingerprint density at radius 2 is 2.21 bits per heavy atom. The molecule has 0 aromatic carbocycles. The maximum atomic E-state index is 12.3. The second-order valence-corrected chi connectivity index (χ2v) is 4.27. The van der Waals surface area contributed by atoms with E-state index >= 15 is 0 Å². The van der Waals surface area contributed by atoms with Crippen molar-refractivity contribution in [1.29, 1.82) is 0 Å². The molecule has 0 bridgehead atoms. The molecule has 6 nitrogen and oxygen atoms in total. The van der Waals surface area contributed by atoms with Crippen molar-refractivity contribution in [2.75, 3.05) is 7.05 Å². The summed E-state index contributed by atoms with van der Waals surface area (Å²) in [5, 5.41) is 13.2. The van der Waals surface area contributed by atoms with E-state index < -0.39 is 12.0 Å². The first kappa shape index (κ1) is 13.1. The van der Waals surface area contributed by atoms with Crippen molar-refractivity contribution in [3.05, 3.63) is 36.2 Å². The fourth-order valence-electron chi connectivity index (χ4n) is 2.04.